The molecule has 9 heteroatoms. The Morgan fingerprint density at radius 1 is 1.19 bits per heavy atom. The third-order valence-electron chi connectivity index (χ3n) is 7.32. The van der Waals surface area contributed by atoms with E-state index < -0.39 is 0 Å². The van der Waals surface area contributed by atoms with Crippen LogP contribution in [0.4, 0.5) is 17.5 Å². The number of anilines is 3. The molecule has 2 saturated carbocycles. The Bertz CT molecular complexity index is 1220. The highest BCUT2D eigenvalue weighted by Crippen LogP contribution is 2.44. The quantitative estimate of drug-likeness (QED) is 0.655. The van der Waals surface area contributed by atoms with Gasteiger partial charge in [-0.25, -0.2) is 4.98 Å². The molecular formula is C22H28N8O. The van der Waals surface area contributed by atoms with Crippen LogP contribution in [0.1, 0.15) is 38.6 Å². The van der Waals surface area contributed by atoms with E-state index in [1.54, 1.807) is 17.8 Å². The molecule has 2 bridgehead atoms. The van der Waals surface area contributed by atoms with Crippen molar-refractivity contribution in [2.45, 2.75) is 50.2 Å². The van der Waals surface area contributed by atoms with Crippen LogP contribution in [0.5, 0.6) is 0 Å². The van der Waals surface area contributed by atoms with Crippen molar-refractivity contribution in [2.75, 3.05) is 24.2 Å². The Kier molecular flexibility index (Phi) is 3.96. The lowest BCUT2D eigenvalue weighted by atomic mass is 10.0. The number of fused-ring (bicyclic) bond motifs is 3. The fraction of sp³-hybridized carbons (Fsp3) is 0.545. The highest BCUT2D eigenvalue weighted by molar-refractivity contribution is 5.89. The lowest BCUT2D eigenvalue weighted by Crippen LogP contribution is -2.33. The van der Waals surface area contributed by atoms with Gasteiger partial charge in [-0.1, -0.05) is 0 Å². The van der Waals surface area contributed by atoms with Crippen molar-refractivity contribution < 1.29 is 0 Å². The number of nitrogens with one attached hydrogen (secondary N) is 2. The maximum absolute atomic E-state index is 12.8. The molecule has 31 heavy (non-hydrogen) atoms. The molecule has 3 fully saturated rings. The number of rotatable bonds is 5. The van der Waals surface area contributed by atoms with Crippen LogP contribution in [0.3, 0.4) is 0 Å². The normalized spacial score (nSPS) is 26.5. The molecule has 3 aromatic heterocycles. The first-order chi connectivity index (χ1) is 14.9. The monoisotopic (exact) mass is 420 g/mol. The number of aryl methyl sites for hydroxylation is 1. The van der Waals surface area contributed by atoms with Gasteiger partial charge in [0.1, 0.15) is 11.2 Å². The van der Waals surface area contributed by atoms with Crippen LogP contribution in [-0.2, 0) is 7.05 Å². The summed E-state index contributed by atoms with van der Waals surface area (Å²) in [6.45, 7) is 3.30. The van der Waals surface area contributed by atoms with Gasteiger partial charge in [-0.15, -0.1) is 0 Å². The SMILES string of the molecule is CN1C[C@@H]2C[C@H]1C[C@@H]2n1cc(Nc2nc(NC3(C)CC3)c3c(=O)n(C)ccc3n2)cn1. The maximum atomic E-state index is 12.8. The molecule has 0 radical (unpaired) electrons. The second kappa shape index (κ2) is 6.53. The lowest BCUT2D eigenvalue weighted by Gasteiger charge is -2.28. The molecule has 4 heterocycles. The average molecular weight is 421 g/mol. The molecule has 1 saturated heterocycles. The third kappa shape index (κ3) is 3.18. The minimum atomic E-state index is -0.0927. The van der Waals surface area contributed by atoms with E-state index in [4.69, 9.17) is 0 Å². The predicted molar refractivity (Wildman–Crippen MR) is 120 cm³/mol. The van der Waals surface area contributed by atoms with Crippen LogP contribution in [0.2, 0.25) is 0 Å². The van der Waals surface area contributed by atoms with Crippen molar-refractivity contribution in [3.05, 3.63) is 35.0 Å². The van der Waals surface area contributed by atoms with E-state index in [0.29, 0.717) is 40.7 Å². The summed E-state index contributed by atoms with van der Waals surface area (Å²) in [5, 5.41) is 11.9. The van der Waals surface area contributed by atoms with Gasteiger partial charge in [-0.2, -0.15) is 10.1 Å². The van der Waals surface area contributed by atoms with E-state index in [1.807, 2.05) is 12.3 Å². The first kappa shape index (κ1) is 18.8. The molecule has 2 N–H and O–H groups in total. The summed E-state index contributed by atoms with van der Waals surface area (Å²) in [7, 11) is 3.97. The van der Waals surface area contributed by atoms with Crippen LogP contribution >= 0.6 is 0 Å². The highest BCUT2D eigenvalue weighted by atomic mass is 16.1. The molecule has 162 valence electrons. The largest absolute Gasteiger partial charge is 0.364 e. The zero-order valence-corrected chi connectivity index (χ0v) is 18.2. The Hall–Kier alpha value is -2.94. The number of likely N-dealkylation sites (tertiary alicyclic amines) is 1. The lowest BCUT2D eigenvalue weighted by molar-refractivity contribution is 0.202. The topological polar surface area (TPSA) is 92.9 Å². The first-order valence-electron chi connectivity index (χ1n) is 11.1. The number of hydrogen-bond donors (Lipinski definition) is 2. The minimum absolute atomic E-state index is 0.000756. The molecule has 3 aliphatic rings. The highest BCUT2D eigenvalue weighted by Gasteiger charge is 2.44. The second-order valence-corrected chi connectivity index (χ2v) is 9.80. The van der Waals surface area contributed by atoms with Gasteiger partial charge in [-0.05, 0) is 51.6 Å². The smallest absolute Gasteiger partial charge is 0.263 e. The average Bonchev–Trinajstić information content (AvgIpc) is 3.10. The van der Waals surface area contributed by atoms with E-state index in [-0.39, 0.29) is 11.1 Å². The first-order valence-corrected chi connectivity index (χ1v) is 11.1. The van der Waals surface area contributed by atoms with Crippen LogP contribution in [-0.4, -0.2) is 54.4 Å². The van der Waals surface area contributed by atoms with Crippen molar-refractivity contribution in [1.29, 1.82) is 0 Å². The number of hydrogen-bond acceptors (Lipinski definition) is 7. The minimum Gasteiger partial charge on any atom is -0.364 e. The van der Waals surface area contributed by atoms with Crippen molar-refractivity contribution >= 4 is 28.4 Å². The van der Waals surface area contributed by atoms with E-state index in [1.165, 1.54) is 6.42 Å². The van der Waals surface area contributed by atoms with Gasteiger partial charge in [0.25, 0.3) is 5.56 Å². The van der Waals surface area contributed by atoms with Gasteiger partial charge in [-0.3, -0.25) is 9.48 Å². The van der Waals surface area contributed by atoms with Gasteiger partial charge < -0.3 is 20.1 Å². The molecule has 0 unspecified atom stereocenters. The molecule has 9 nitrogen and oxygen atoms in total. The van der Waals surface area contributed by atoms with Crippen molar-refractivity contribution in [3.63, 3.8) is 0 Å². The van der Waals surface area contributed by atoms with Crippen LogP contribution in [0.15, 0.2) is 29.5 Å². The van der Waals surface area contributed by atoms with Gasteiger partial charge >= 0.3 is 0 Å². The molecular weight excluding hydrogens is 392 g/mol. The summed E-state index contributed by atoms with van der Waals surface area (Å²) in [6, 6.07) is 3.00. The zero-order chi connectivity index (χ0) is 21.3. The van der Waals surface area contributed by atoms with Gasteiger partial charge in [0, 0.05) is 37.6 Å². The number of aromatic nitrogens is 5. The van der Waals surface area contributed by atoms with Crippen molar-refractivity contribution in [2.24, 2.45) is 13.0 Å². The second-order valence-electron chi connectivity index (χ2n) is 9.80. The fourth-order valence-electron chi connectivity index (χ4n) is 5.17. The van der Waals surface area contributed by atoms with Crippen LogP contribution in [0, 0.1) is 5.92 Å². The predicted octanol–water partition coefficient (Wildman–Crippen LogP) is 2.50. The van der Waals surface area contributed by atoms with E-state index in [0.717, 1.165) is 31.5 Å². The Morgan fingerprint density at radius 2 is 2.03 bits per heavy atom. The number of pyridine rings is 1. The number of piperidine rings is 1. The molecule has 0 amide bonds. The van der Waals surface area contributed by atoms with Gasteiger partial charge in [0.2, 0.25) is 5.95 Å². The van der Waals surface area contributed by atoms with Crippen molar-refractivity contribution in [1.82, 2.24) is 29.2 Å². The van der Waals surface area contributed by atoms with E-state index in [9.17, 15) is 4.79 Å². The summed E-state index contributed by atoms with van der Waals surface area (Å²) < 4.78 is 3.66. The fourth-order valence-corrected chi connectivity index (χ4v) is 5.17. The Labute approximate surface area is 180 Å². The third-order valence-corrected chi connectivity index (χ3v) is 7.32. The van der Waals surface area contributed by atoms with E-state index >= 15 is 0 Å². The summed E-state index contributed by atoms with van der Waals surface area (Å²) in [5.41, 5.74) is 1.41. The van der Waals surface area contributed by atoms with E-state index in [2.05, 4.69) is 55.5 Å². The molecule has 6 rings (SSSR count). The molecule has 3 aromatic rings. The molecule has 3 atom stereocenters. The summed E-state index contributed by atoms with van der Waals surface area (Å²) >= 11 is 0. The molecule has 1 aliphatic heterocycles. The standard InChI is InChI=1S/C22H28N8O/c1-22(5-6-22)27-19-18-16(4-7-28(2)20(18)31)25-21(26-19)24-14-10-23-30(12-14)17-9-15-8-13(17)11-29(15)3/h4,7,10,12-13,15,17H,5-6,8-9,11H2,1-3H3,(H2,24,25,26,27)/t13-,15-,17-/m0/s1. The van der Waals surface area contributed by atoms with Crippen LogP contribution < -0.4 is 16.2 Å². The van der Waals surface area contributed by atoms with Gasteiger partial charge in [0.15, 0.2) is 0 Å². The summed E-state index contributed by atoms with van der Waals surface area (Å²) in [4.78, 5) is 24.5. The molecule has 2 aliphatic carbocycles. The summed E-state index contributed by atoms with van der Waals surface area (Å²) in [6.07, 6.45) is 10.2. The maximum Gasteiger partial charge on any atom is 0.263 e. The summed E-state index contributed by atoms with van der Waals surface area (Å²) in [5.74, 6) is 1.74. The molecule has 0 aromatic carbocycles. The Balaban J connectivity index is 1.31. The van der Waals surface area contributed by atoms with Crippen molar-refractivity contribution in [3.8, 4) is 0 Å². The Morgan fingerprint density at radius 3 is 2.74 bits per heavy atom. The van der Waals surface area contributed by atoms with Gasteiger partial charge in [0.05, 0.1) is 23.4 Å². The zero-order valence-electron chi connectivity index (χ0n) is 18.2. The van der Waals surface area contributed by atoms with Crippen LogP contribution in [0.25, 0.3) is 10.9 Å². The molecule has 0 spiro atoms. The number of nitrogens with zero attached hydrogens (tertiary/aromatic N) is 6.